The molecule has 6 rings (SSSR count). The van der Waals surface area contributed by atoms with E-state index in [1.54, 1.807) is 18.7 Å². The van der Waals surface area contributed by atoms with Crippen molar-refractivity contribution in [3.8, 4) is 0 Å². The number of nitrogens with zero attached hydrogens (tertiary/aromatic N) is 2. The van der Waals surface area contributed by atoms with Gasteiger partial charge in [-0.1, -0.05) is 63.1 Å². The summed E-state index contributed by atoms with van der Waals surface area (Å²) in [7, 11) is -3.92. The van der Waals surface area contributed by atoms with Crippen LogP contribution in [0.1, 0.15) is 109 Å². The second-order valence-electron chi connectivity index (χ2n) is 17.1. The summed E-state index contributed by atoms with van der Waals surface area (Å²) in [6, 6.07) is 3.31. The normalized spacial score (nSPS) is 28.0. The molecule has 2 aliphatic carbocycles. The fourth-order valence-corrected chi connectivity index (χ4v) is 9.32. The van der Waals surface area contributed by atoms with E-state index < -0.39 is 74.3 Å². The van der Waals surface area contributed by atoms with Crippen molar-refractivity contribution in [2.24, 2.45) is 11.3 Å². The number of rotatable bonds is 10. The monoisotopic (exact) mass is 809 g/mol. The minimum atomic E-state index is -3.92. The summed E-state index contributed by atoms with van der Waals surface area (Å²) in [5.41, 5.74) is 1.77. The van der Waals surface area contributed by atoms with E-state index in [0.717, 1.165) is 22.3 Å². The van der Waals surface area contributed by atoms with Crippen molar-refractivity contribution < 1.29 is 46.7 Å². The lowest BCUT2D eigenvalue weighted by atomic mass is 9.88. The maximum absolute atomic E-state index is 14.6. The first-order valence-electron chi connectivity index (χ1n) is 19.9. The second kappa shape index (κ2) is 16.6. The third kappa shape index (κ3) is 9.87. The van der Waals surface area contributed by atoms with Crippen LogP contribution >= 0.6 is 0 Å². The summed E-state index contributed by atoms with van der Waals surface area (Å²) in [4.78, 5) is 85.0. The number of ether oxygens (including phenoxy) is 2. The first-order chi connectivity index (χ1) is 26.9. The topological polar surface area (TPSA) is 198 Å². The second-order valence-corrected chi connectivity index (χ2v) is 19.1. The molecule has 310 valence electrons. The predicted molar refractivity (Wildman–Crippen MR) is 209 cm³/mol. The van der Waals surface area contributed by atoms with E-state index >= 15 is 0 Å². The third-order valence-electron chi connectivity index (χ3n) is 11.5. The molecule has 15 nitrogen and oxygen atoms in total. The van der Waals surface area contributed by atoms with E-state index in [2.05, 4.69) is 21.4 Å². The molecule has 0 unspecified atom stereocenters. The van der Waals surface area contributed by atoms with Crippen LogP contribution in [0.15, 0.2) is 35.9 Å². The number of fused-ring (bicyclic) bond motifs is 3. The van der Waals surface area contributed by atoms with Crippen LogP contribution in [0, 0.1) is 11.3 Å². The SMILES string of the molecule is CC[C@@H]1C[C@]1(NC(=O)[C@@H]1C[C@@H]2CN1C(=O)[C@H](CCC(=O)C=C(C)C)NC(=O)OCC(C)(C)CC/C=C/c1cccc3c1CN(C3)C(=O)O2)C(=O)NS(=O)(=O)C1CC1. The van der Waals surface area contributed by atoms with E-state index in [4.69, 9.17) is 9.47 Å². The molecule has 2 saturated carbocycles. The Morgan fingerprint density at radius 1 is 1.09 bits per heavy atom. The molecule has 5 amide bonds. The molecule has 1 aromatic carbocycles. The minimum Gasteiger partial charge on any atom is -0.449 e. The first kappa shape index (κ1) is 41.9. The first-order valence-corrected chi connectivity index (χ1v) is 21.5. The molecule has 1 saturated heterocycles. The van der Waals surface area contributed by atoms with Gasteiger partial charge in [0.05, 0.1) is 24.9 Å². The van der Waals surface area contributed by atoms with Crippen LogP contribution in [0.2, 0.25) is 0 Å². The van der Waals surface area contributed by atoms with E-state index in [0.29, 0.717) is 45.2 Å². The van der Waals surface area contributed by atoms with E-state index in [9.17, 15) is 37.2 Å². The number of hydrogen-bond donors (Lipinski definition) is 3. The summed E-state index contributed by atoms with van der Waals surface area (Å²) in [6.07, 6.45) is 5.67. The van der Waals surface area contributed by atoms with Gasteiger partial charge in [-0.3, -0.25) is 28.8 Å². The molecule has 3 fully saturated rings. The van der Waals surface area contributed by atoms with E-state index in [1.165, 1.54) is 11.0 Å². The van der Waals surface area contributed by atoms with Gasteiger partial charge in [0.25, 0.3) is 5.91 Å². The molecule has 5 aliphatic rings. The van der Waals surface area contributed by atoms with Crippen LogP contribution in [0.25, 0.3) is 6.08 Å². The van der Waals surface area contributed by atoms with Crippen LogP contribution in [0.3, 0.4) is 0 Å². The Balaban J connectivity index is 1.29. The van der Waals surface area contributed by atoms with Gasteiger partial charge in [-0.05, 0) is 86.5 Å². The number of alkyl carbamates (subject to hydrolysis) is 1. The largest absolute Gasteiger partial charge is 0.449 e. The van der Waals surface area contributed by atoms with Gasteiger partial charge in [0.2, 0.25) is 21.8 Å². The number of carbonyl (C=O) groups excluding carboxylic acids is 6. The average molecular weight is 810 g/mol. The number of hydrogen-bond acceptors (Lipinski definition) is 10. The number of ketones is 1. The average Bonchev–Trinajstić information content (AvgIpc) is 4.04. The van der Waals surface area contributed by atoms with Gasteiger partial charge in [0, 0.05) is 19.4 Å². The zero-order valence-corrected chi connectivity index (χ0v) is 34.2. The number of amides is 5. The molecule has 16 heteroatoms. The lowest BCUT2D eigenvalue weighted by molar-refractivity contribution is -0.141. The van der Waals surface area contributed by atoms with Gasteiger partial charge < -0.3 is 25.0 Å². The summed E-state index contributed by atoms with van der Waals surface area (Å²) in [6.45, 7) is 9.75. The van der Waals surface area contributed by atoms with Gasteiger partial charge in [-0.25, -0.2) is 18.0 Å². The molecule has 3 heterocycles. The third-order valence-corrected chi connectivity index (χ3v) is 13.4. The summed E-state index contributed by atoms with van der Waals surface area (Å²) < 4.78 is 39.3. The minimum absolute atomic E-state index is 0.0476. The molecule has 3 aliphatic heterocycles. The van der Waals surface area contributed by atoms with Crippen molar-refractivity contribution >= 4 is 51.8 Å². The standard InChI is InChI=1S/C41H55N5O10S/c1-6-28-20-41(28,37(50)44-57(53,54)31-14-15-31)43-35(48)34-19-30-22-46(34)36(49)33(16-13-29(47)18-25(2)3)42-38(51)55-24-40(4,5)17-8-7-10-26-11-9-12-27-21-45(23-32(26)27)39(52)56-30/h7,9-12,18,28,30-31,33-34H,6,8,13-17,19-24H2,1-5H3,(H,42,51)(H,43,48)(H,44,50)/b10-7+/t28-,30-,33+,34+,41-/m1/s1. The Bertz CT molecular complexity index is 1970. The number of carbonyl (C=O) groups is 6. The summed E-state index contributed by atoms with van der Waals surface area (Å²) >= 11 is 0. The Labute approximate surface area is 334 Å². The highest BCUT2D eigenvalue weighted by atomic mass is 32.2. The highest BCUT2D eigenvalue weighted by Gasteiger charge is 2.62. The van der Waals surface area contributed by atoms with E-state index in [1.807, 2.05) is 45.0 Å². The Morgan fingerprint density at radius 2 is 1.84 bits per heavy atom. The Kier molecular flexibility index (Phi) is 12.2. The number of sulfonamides is 1. The zero-order valence-electron chi connectivity index (χ0n) is 33.4. The summed E-state index contributed by atoms with van der Waals surface area (Å²) in [5.74, 6) is -2.88. The van der Waals surface area contributed by atoms with Crippen molar-refractivity contribution in [2.75, 3.05) is 13.2 Å². The van der Waals surface area contributed by atoms with Crippen LogP contribution in [-0.4, -0.2) is 96.0 Å². The molecular formula is C41H55N5O10S. The van der Waals surface area contributed by atoms with Gasteiger partial charge in [0.1, 0.15) is 23.7 Å². The van der Waals surface area contributed by atoms with E-state index in [-0.39, 0.29) is 50.5 Å². The highest BCUT2D eigenvalue weighted by molar-refractivity contribution is 7.91. The summed E-state index contributed by atoms with van der Waals surface area (Å²) in [5, 5.41) is 4.77. The van der Waals surface area contributed by atoms with Crippen LogP contribution in [0.4, 0.5) is 9.59 Å². The maximum atomic E-state index is 14.6. The molecular weight excluding hydrogens is 755 g/mol. The van der Waals surface area contributed by atoms with Crippen LogP contribution in [0.5, 0.6) is 0 Å². The van der Waals surface area contributed by atoms with Crippen molar-refractivity contribution in [1.82, 2.24) is 25.2 Å². The van der Waals surface area contributed by atoms with Crippen molar-refractivity contribution in [3.05, 3.63) is 52.6 Å². The van der Waals surface area contributed by atoms with Crippen LogP contribution in [-0.2, 0) is 51.8 Å². The molecule has 0 spiro atoms. The smallest absolute Gasteiger partial charge is 0.410 e. The molecule has 4 bridgehead atoms. The molecule has 1 aromatic rings. The lowest BCUT2D eigenvalue weighted by Gasteiger charge is -2.30. The highest BCUT2D eigenvalue weighted by Crippen LogP contribution is 2.47. The molecule has 3 N–H and O–H groups in total. The van der Waals surface area contributed by atoms with Gasteiger partial charge >= 0.3 is 12.2 Å². The molecule has 0 radical (unpaired) electrons. The molecule has 0 aromatic heterocycles. The van der Waals surface area contributed by atoms with Gasteiger partial charge in [-0.15, -0.1) is 0 Å². The Morgan fingerprint density at radius 3 is 2.53 bits per heavy atom. The van der Waals surface area contributed by atoms with Gasteiger partial charge in [0.15, 0.2) is 5.78 Å². The lowest BCUT2D eigenvalue weighted by Crippen LogP contribution is -2.58. The fourth-order valence-electron chi connectivity index (χ4n) is 7.96. The maximum Gasteiger partial charge on any atom is 0.410 e. The fraction of sp³-hybridized carbons (Fsp3) is 0.610. The van der Waals surface area contributed by atoms with Crippen molar-refractivity contribution in [2.45, 2.75) is 134 Å². The molecule has 57 heavy (non-hydrogen) atoms. The number of nitrogens with one attached hydrogen (secondary N) is 3. The van der Waals surface area contributed by atoms with Crippen molar-refractivity contribution in [3.63, 3.8) is 0 Å². The zero-order chi connectivity index (χ0) is 41.3. The number of allylic oxidation sites excluding steroid dienone is 3. The predicted octanol–water partition coefficient (Wildman–Crippen LogP) is 4.25. The van der Waals surface area contributed by atoms with Gasteiger partial charge in [-0.2, -0.15) is 0 Å². The Hall–Kier alpha value is -4.73. The van der Waals surface area contributed by atoms with Crippen LogP contribution < -0.4 is 15.4 Å². The van der Waals surface area contributed by atoms with Crippen molar-refractivity contribution in [1.29, 1.82) is 0 Å². The quantitative estimate of drug-likeness (QED) is 0.288. The number of cyclic esters (lactones) is 1. The molecule has 5 atom stereocenters. The number of benzene rings is 1.